The van der Waals surface area contributed by atoms with E-state index in [-0.39, 0.29) is 17.7 Å². The monoisotopic (exact) mass is 307 g/mol. The van der Waals surface area contributed by atoms with Gasteiger partial charge in [-0.3, -0.25) is 9.59 Å². The van der Waals surface area contributed by atoms with E-state index in [1.54, 1.807) is 0 Å². The van der Waals surface area contributed by atoms with E-state index in [0.717, 1.165) is 17.2 Å². The molecular formula is C19H17NO3. The molecule has 1 fully saturated rings. The Kier molecular flexibility index (Phi) is 3.18. The van der Waals surface area contributed by atoms with E-state index < -0.39 is 17.8 Å². The predicted octanol–water partition coefficient (Wildman–Crippen LogP) is 3.30. The molecule has 0 unspecified atom stereocenters. The minimum absolute atomic E-state index is 0.00939. The number of aliphatic carboxylic acids is 1. The lowest BCUT2D eigenvalue weighted by molar-refractivity contribution is -0.146. The quantitative estimate of drug-likeness (QED) is 0.855. The molecule has 0 saturated heterocycles. The number of hydrogen-bond donors (Lipinski definition) is 2. The van der Waals surface area contributed by atoms with Crippen LogP contribution >= 0.6 is 0 Å². The molecule has 1 amide bonds. The molecule has 23 heavy (non-hydrogen) atoms. The van der Waals surface area contributed by atoms with Gasteiger partial charge < -0.3 is 10.4 Å². The van der Waals surface area contributed by atoms with Gasteiger partial charge in [0.25, 0.3) is 0 Å². The van der Waals surface area contributed by atoms with Crippen molar-refractivity contribution < 1.29 is 14.7 Å². The van der Waals surface area contributed by atoms with Crippen LogP contribution in [0.15, 0.2) is 54.6 Å². The number of hydrogen-bond acceptors (Lipinski definition) is 2. The van der Waals surface area contributed by atoms with Gasteiger partial charge in [-0.05, 0) is 41.2 Å². The molecule has 2 aromatic rings. The Morgan fingerprint density at radius 1 is 0.957 bits per heavy atom. The maximum atomic E-state index is 12.6. The van der Waals surface area contributed by atoms with Crippen molar-refractivity contribution in [1.29, 1.82) is 0 Å². The molecular weight excluding hydrogens is 290 g/mol. The van der Waals surface area contributed by atoms with Crippen LogP contribution in [-0.4, -0.2) is 17.0 Å². The number of fused-ring (bicyclic) bond motifs is 3. The van der Waals surface area contributed by atoms with Gasteiger partial charge in [-0.2, -0.15) is 0 Å². The molecule has 2 aromatic carbocycles. The van der Waals surface area contributed by atoms with Crippen LogP contribution in [-0.2, 0) is 9.59 Å². The van der Waals surface area contributed by atoms with Gasteiger partial charge in [0.2, 0.25) is 5.91 Å². The second kappa shape index (κ2) is 5.23. The van der Waals surface area contributed by atoms with Gasteiger partial charge >= 0.3 is 5.97 Å². The average molecular weight is 307 g/mol. The Morgan fingerprint density at radius 2 is 1.65 bits per heavy atom. The lowest BCUT2D eigenvalue weighted by atomic mass is 9.82. The van der Waals surface area contributed by atoms with Crippen molar-refractivity contribution in [3.05, 3.63) is 54.6 Å². The van der Waals surface area contributed by atoms with Crippen molar-refractivity contribution in [1.82, 2.24) is 0 Å². The molecule has 2 aliphatic rings. The molecule has 0 aromatic heterocycles. The lowest BCUT2D eigenvalue weighted by Gasteiger charge is -2.23. The van der Waals surface area contributed by atoms with Crippen molar-refractivity contribution in [3.8, 4) is 0 Å². The van der Waals surface area contributed by atoms with Gasteiger partial charge in [-0.1, -0.05) is 42.5 Å². The van der Waals surface area contributed by atoms with Crippen LogP contribution in [0.3, 0.4) is 0 Å². The van der Waals surface area contributed by atoms with E-state index in [2.05, 4.69) is 5.32 Å². The number of carbonyl (C=O) groups excluding carboxylic acids is 1. The molecule has 0 heterocycles. The number of allylic oxidation sites excluding steroid dienone is 2. The van der Waals surface area contributed by atoms with Gasteiger partial charge in [0.15, 0.2) is 0 Å². The summed E-state index contributed by atoms with van der Waals surface area (Å²) < 4.78 is 0. The van der Waals surface area contributed by atoms with Crippen molar-refractivity contribution >= 4 is 28.3 Å². The van der Waals surface area contributed by atoms with Gasteiger partial charge in [-0.15, -0.1) is 0 Å². The van der Waals surface area contributed by atoms with E-state index >= 15 is 0 Å². The Balaban J connectivity index is 1.59. The molecule has 0 radical (unpaired) electrons. The molecule has 2 aliphatic carbocycles. The Hall–Kier alpha value is -2.62. The summed E-state index contributed by atoms with van der Waals surface area (Å²) in [6.07, 6.45) is 4.71. The van der Waals surface area contributed by atoms with Crippen LogP contribution in [0, 0.1) is 23.7 Å². The third-order valence-electron chi connectivity index (χ3n) is 5.06. The van der Waals surface area contributed by atoms with Crippen molar-refractivity contribution in [2.45, 2.75) is 6.42 Å². The van der Waals surface area contributed by atoms with E-state index in [1.807, 2.05) is 54.6 Å². The van der Waals surface area contributed by atoms with Crippen LogP contribution in [0.1, 0.15) is 6.42 Å². The molecule has 0 spiro atoms. The topological polar surface area (TPSA) is 66.4 Å². The summed E-state index contributed by atoms with van der Waals surface area (Å²) in [5.74, 6) is -2.11. The predicted molar refractivity (Wildman–Crippen MR) is 87.9 cm³/mol. The normalized spacial score (nSPS) is 28.2. The molecule has 4 nitrogen and oxygen atoms in total. The van der Waals surface area contributed by atoms with E-state index in [9.17, 15) is 14.7 Å². The van der Waals surface area contributed by atoms with Crippen LogP contribution < -0.4 is 5.32 Å². The number of carboxylic acid groups (broad SMARTS) is 1. The fourth-order valence-corrected chi connectivity index (χ4v) is 4.01. The van der Waals surface area contributed by atoms with Crippen LogP contribution in [0.25, 0.3) is 10.8 Å². The summed E-state index contributed by atoms with van der Waals surface area (Å²) in [6, 6.07) is 13.7. The van der Waals surface area contributed by atoms with E-state index in [0.29, 0.717) is 5.69 Å². The zero-order valence-electron chi connectivity index (χ0n) is 12.5. The molecule has 1 saturated carbocycles. The Labute approximate surface area is 133 Å². The van der Waals surface area contributed by atoms with Crippen LogP contribution in [0.4, 0.5) is 5.69 Å². The first kappa shape index (κ1) is 14.0. The maximum absolute atomic E-state index is 12.6. The zero-order chi connectivity index (χ0) is 16.0. The Morgan fingerprint density at radius 3 is 2.39 bits per heavy atom. The first-order chi connectivity index (χ1) is 11.1. The number of carboxylic acids is 1. The first-order valence-corrected chi connectivity index (χ1v) is 7.84. The lowest BCUT2D eigenvalue weighted by Crippen LogP contribution is -2.36. The zero-order valence-corrected chi connectivity index (χ0v) is 12.5. The molecule has 4 atom stereocenters. The standard InChI is InChI=1S/C19H17NO3/c21-18(16-13-5-6-14(9-13)17(16)19(22)23)20-15-8-7-11-3-1-2-4-12(11)10-15/h1-8,10,13-14,16-17H,9H2,(H,20,21)(H,22,23)/t13-,14-,16-,17-/m0/s1. The summed E-state index contributed by atoms with van der Waals surface area (Å²) in [5.41, 5.74) is 0.713. The minimum Gasteiger partial charge on any atom is -0.481 e. The molecule has 4 heteroatoms. The van der Waals surface area contributed by atoms with E-state index in [1.165, 1.54) is 0 Å². The third kappa shape index (κ3) is 2.31. The van der Waals surface area contributed by atoms with E-state index in [4.69, 9.17) is 0 Å². The Bertz CT molecular complexity index is 826. The first-order valence-electron chi connectivity index (χ1n) is 7.84. The third-order valence-corrected chi connectivity index (χ3v) is 5.06. The van der Waals surface area contributed by atoms with Crippen LogP contribution in [0.2, 0.25) is 0 Å². The van der Waals surface area contributed by atoms with Crippen molar-refractivity contribution in [2.24, 2.45) is 23.7 Å². The fraction of sp³-hybridized carbons (Fsp3) is 0.263. The molecule has 116 valence electrons. The van der Waals surface area contributed by atoms with Crippen molar-refractivity contribution in [2.75, 3.05) is 5.32 Å². The highest BCUT2D eigenvalue weighted by Crippen LogP contribution is 2.48. The number of amides is 1. The van der Waals surface area contributed by atoms with Gasteiger partial charge in [0.05, 0.1) is 11.8 Å². The summed E-state index contributed by atoms with van der Waals surface area (Å²) in [4.78, 5) is 24.2. The number of benzene rings is 2. The fourth-order valence-electron chi connectivity index (χ4n) is 4.01. The SMILES string of the molecule is O=C(O)[C@@H]1[C@@H](C(=O)Nc2ccc3ccccc3c2)[C@H]2C=C[C@H]1C2. The van der Waals surface area contributed by atoms with Crippen LogP contribution in [0.5, 0.6) is 0 Å². The highest BCUT2D eigenvalue weighted by Gasteiger charge is 2.51. The van der Waals surface area contributed by atoms with Gasteiger partial charge in [-0.25, -0.2) is 0 Å². The van der Waals surface area contributed by atoms with Gasteiger partial charge in [0.1, 0.15) is 0 Å². The van der Waals surface area contributed by atoms with Crippen molar-refractivity contribution in [3.63, 3.8) is 0 Å². The molecule has 2 N–H and O–H groups in total. The molecule has 0 aliphatic heterocycles. The second-order valence-electron chi connectivity index (χ2n) is 6.39. The second-order valence-corrected chi connectivity index (χ2v) is 6.39. The minimum atomic E-state index is -0.875. The number of rotatable bonds is 3. The number of anilines is 1. The summed E-state index contributed by atoms with van der Waals surface area (Å²) in [5, 5.41) is 14.5. The molecule has 4 rings (SSSR count). The summed E-state index contributed by atoms with van der Waals surface area (Å²) in [6.45, 7) is 0. The average Bonchev–Trinajstić information content (AvgIpc) is 3.15. The largest absolute Gasteiger partial charge is 0.481 e. The molecule has 2 bridgehead atoms. The smallest absolute Gasteiger partial charge is 0.307 e. The highest BCUT2D eigenvalue weighted by molar-refractivity contribution is 5.98. The van der Waals surface area contributed by atoms with Gasteiger partial charge in [0, 0.05) is 5.69 Å². The summed E-state index contributed by atoms with van der Waals surface area (Å²) in [7, 11) is 0. The summed E-state index contributed by atoms with van der Waals surface area (Å²) >= 11 is 0. The number of nitrogens with one attached hydrogen (secondary N) is 1. The highest BCUT2D eigenvalue weighted by atomic mass is 16.4. The number of carbonyl (C=O) groups is 2. The maximum Gasteiger partial charge on any atom is 0.307 e.